The van der Waals surface area contributed by atoms with Crippen LogP contribution in [-0.2, 0) is 10.8 Å². The average Bonchev–Trinajstić information content (AvgIpc) is 3.97. The van der Waals surface area contributed by atoms with Gasteiger partial charge in [-0.3, -0.25) is 0 Å². The van der Waals surface area contributed by atoms with Crippen molar-refractivity contribution in [3.8, 4) is 44.5 Å². The molecule has 0 amide bonds. The van der Waals surface area contributed by atoms with Crippen LogP contribution in [0.5, 0.6) is 0 Å². The van der Waals surface area contributed by atoms with Gasteiger partial charge in [-0.1, -0.05) is 135 Å². The van der Waals surface area contributed by atoms with Gasteiger partial charge in [-0.05, 0) is 196 Å². The summed E-state index contributed by atoms with van der Waals surface area (Å²) in [7, 11) is 0. The third-order valence-corrected chi connectivity index (χ3v) is 18.0. The van der Waals surface area contributed by atoms with E-state index in [4.69, 9.17) is 4.42 Å². The molecule has 9 aromatic rings. The molecule has 0 N–H and O–H groups in total. The first kappa shape index (κ1) is 37.6. The van der Waals surface area contributed by atoms with Crippen LogP contribution in [0.2, 0.25) is 0 Å². The average molecular weight is 852 g/mol. The van der Waals surface area contributed by atoms with Crippen LogP contribution < -0.4 is 4.90 Å². The van der Waals surface area contributed by atoms with Gasteiger partial charge >= 0.3 is 0 Å². The molecule has 2 spiro atoms. The SMILES string of the molecule is c1ccc(-c2ccc(N(c3ccc4c(c3)C3(CCCCC3)c3ccccc3-4)c3ccc4oc5ccc(-c6ccc7c(c6)[C@]6(c8ccccc8-7)[C@@H]7CC8C[C@@H](C7)C[C@@H]6C8)cc5c4c3)cc2)cc1. The number of hydrogen-bond donors (Lipinski definition) is 0. The fraction of sp³-hybridized carbons (Fsp3) is 0.250. The number of rotatable bonds is 5. The van der Waals surface area contributed by atoms with Crippen molar-refractivity contribution in [2.45, 2.75) is 75.0 Å². The molecule has 8 aromatic carbocycles. The smallest absolute Gasteiger partial charge is 0.135 e. The molecule has 7 aliphatic carbocycles. The van der Waals surface area contributed by atoms with Crippen molar-refractivity contribution in [3.63, 3.8) is 0 Å². The molecule has 0 atom stereocenters. The summed E-state index contributed by atoms with van der Waals surface area (Å²) in [6, 6.07) is 67.2. The number of furan rings is 1. The van der Waals surface area contributed by atoms with Crippen molar-refractivity contribution in [2.24, 2.45) is 23.7 Å². The largest absolute Gasteiger partial charge is 0.456 e. The first-order valence-corrected chi connectivity index (χ1v) is 25.0. The van der Waals surface area contributed by atoms with Crippen LogP contribution in [-0.4, -0.2) is 0 Å². The van der Waals surface area contributed by atoms with Gasteiger partial charge in [0.25, 0.3) is 0 Å². The Labute approximate surface area is 387 Å². The van der Waals surface area contributed by atoms with Gasteiger partial charge in [-0.25, -0.2) is 0 Å². The number of anilines is 3. The fourth-order valence-corrected chi connectivity index (χ4v) is 15.6. The molecule has 0 aliphatic heterocycles. The minimum absolute atomic E-state index is 0.0697. The van der Waals surface area contributed by atoms with Crippen LogP contribution in [0.4, 0.5) is 17.1 Å². The minimum Gasteiger partial charge on any atom is -0.456 e. The van der Waals surface area contributed by atoms with Gasteiger partial charge in [0.1, 0.15) is 11.2 Å². The van der Waals surface area contributed by atoms with Gasteiger partial charge < -0.3 is 9.32 Å². The van der Waals surface area contributed by atoms with Crippen LogP contribution in [0, 0.1) is 23.7 Å². The number of fused-ring (bicyclic) bond motifs is 11. The molecule has 0 saturated heterocycles. The van der Waals surface area contributed by atoms with E-state index in [1.54, 1.807) is 11.1 Å². The molecule has 16 rings (SSSR count). The quantitative estimate of drug-likeness (QED) is 0.172. The zero-order valence-corrected chi connectivity index (χ0v) is 37.5. The maximum atomic E-state index is 6.68. The van der Waals surface area contributed by atoms with Gasteiger partial charge in [0.15, 0.2) is 0 Å². The normalized spacial score (nSPS) is 23.6. The maximum absolute atomic E-state index is 6.68. The molecule has 1 heterocycles. The summed E-state index contributed by atoms with van der Waals surface area (Å²) < 4.78 is 6.68. The van der Waals surface area contributed by atoms with Gasteiger partial charge in [-0.2, -0.15) is 0 Å². The second-order valence-corrected chi connectivity index (χ2v) is 21.1. The fourth-order valence-electron chi connectivity index (χ4n) is 15.6. The Bertz CT molecular complexity index is 3390. The van der Waals surface area contributed by atoms with Crippen molar-refractivity contribution in [1.29, 1.82) is 0 Å². The Hall–Kier alpha value is -6.64. The van der Waals surface area contributed by atoms with Crippen molar-refractivity contribution in [1.82, 2.24) is 0 Å². The van der Waals surface area contributed by atoms with E-state index in [-0.39, 0.29) is 10.8 Å². The monoisotopic (exact) mass is 851 g/mol. The predicted octanol–water partition coefficient (Wildman–Crippen LogP) is 17.3. The van der Waals surface area contributed by atoms with Crippen molar-refractivity contribution in [2.75, 3.05) is 4.90 Å². The van der Waals surface area contributed by atoms with E-state index in [9.17, 15) is 0 Å². The summed E-state index contributed by atoms with van der Waals surface area (Å²) in [5.74, 6) is 3.35. The summed E-state index contributed by atoms with van der Waals surface area (Å²) in [6.45, 7) is 0. The van der Waals surface area contributed by atoms with Gasteiger partial charge in [0.2, 0.25) is 0 Å². The Morgan fingerprint density at radius 3 is 1.68 bits per heavy atom. The summed E-state index contributed by atoms with van der Waals surface area (Å²) in [6.07, 6.45) is 13.4. The molecule has 2 nitrogen and oxygen atoms in total. The van der Waals surface area contributed by atoms with E-state index in [1.165, 1.54) is 131 Å². The molecular formula is C64H53NO. The van der Waals surface area contributed by atoms with E-state index >= 15 is 0 Å². The highest BCUT2D eigenvalue weighted by atomic mass is 16.3. The summed E-state index contributed by atoms with van der Waals surface area (Å²) in [5.41, 5.74) is 22.6. The van der Waals surface area contributed by atoms with Crippen LogP contribution in [0.1, 0.15) is 86.5 Å². The third-order valence-electron chi connectivity index (χ3n) is 18.0. The summed E-state index contributed by atoms with van der Waals surface area (Å²) >= 11 is 0. The summed E-state index contributed by atoms with van der Waals surface area (Å²) in [5, 5.41) is 2.32. The molecule has 5 saturated carbocycles. The first-order chi connectivity index (χ1) is 32.6. The minimum atomic E-state index is 0.0697. The molecule has 5 fully saturated rings. The van der Waals surface area contributed by atoms with E-state index in [1.807, 2.05) is 0 Å². The molecule has 2 heteroatoms. The second-order valence-electron chi connectivity index (χ2n) is 21.1. The van der Waals surface area contributed by atoms with E-state index in [2.05, 4.69) is 181 Å². The molecule has 1 aromatic heterocycles. The maximum Gasteiger partial charge on any atom is 0.135 e. The lowest BCUT2D eigenvalue weighted by Gasteiger charge is -2.61. The number of hydrogen-bond acceptors (Lipinski definition) is 2. The Balaban J connectivity index is 0.869. The number of benzene rings is 8. The Kier molecular flexibility index (Phi) is 7.94. The lowest BCUT2D eigenvalue weighted by Crippen LogP contribution is -2.55. The van der Waals surface area contributed by atoms with Gasteiger partial charge in [0.05, 0.1) is 0 Å². The highest BCUT2D eigenvalue weighted by Crippen LogP contribution is 2.69. The molecule has 0 radical (unpaired) electrons. The standard InChI is InChI=1S/C64H53NO/c1-3-11-42(12-4-1)43-17-21-48(22-18-43)65(50-23-26-53-51-13-5-7-15-57(51)63(59(53)39-50)29-9-2-10-30-63)49-24-28-62-56(38-49)55-36-44(20-27-61(55)66-62)45-19-25-54-52-14-6-8-16-58(52)64(60(54)37-45)46-32-40-31-41(34-46)35-47(64)33-40/h1,3-8,11-28,36-41,46-47H,2,9-10,29-35H2/t40-,41?,46-,47+,64+. The van der Waals surface area contributed by atoms with Crippen LogP contribution in [0.15, 0.2) is 180 Å². The summed E-state index contributed by atoms with van der Waals surface area (Å²) in [4.78, 5) is 2.49. The molecular weight excluding hydrogens is 799 g/mol. The van der Waals surface area contributed by atoms with Gasteiger partial charge in [-0.15, -0.1) is 0 Å². The van der Waals surface area contributed by atoms with Crippen molar-refractivity contribution in [3.05, 3.63) is 198 Å². The van der Waals surface area contributed by atoms with Crippen molar-refractivity contribution < 1.29 is 4.42 Å². The van der Waals surface area contributed by atoms with Crippen LogP contribution in [0.3, 0.4) is 0 Å². The molecule has 66 heavy (non-hydrogen) atoms. The molecule has 4 bridgehead atoms. The zero-order chi connectivity index (χ0) is 43.1. The number of nitrogens with zero attached hydrogens (tertiary/aromatic N) is 1. The Morgan fingerprint density at radius 1 is 0.379 bits per heavy atom. The predicted molar refractivity (Wildman–Crippen MR) is 272 cm³/mol. The van der Waals surface area contributed by atoms with Crippen LogP contribution >= 0.6 is 0 Å². The third kappa shape index (κ3) is 5.19. The van der Waals surface area contributed by atoms with Crippen molar-refractivity contribution >= 4 is 39.0 Å². The highest BCUT2D eigenvalue weighted by Gasteiger charge is 2.61. The second kappa shape index (κ2) is 13.9. The lowest BCUT2D eigenvalue weighted by atomic mass is 9.43. The first-order valence-electron chi connectivity index (χ1n) is 25.0. The highest BCUT2D eigenvalue weighted by molar-refractivity contribution is 6.08. The molecule has 7 aliphatic rings. The van der Waals surface area contributed by atoms with E-state index in [0.29, 0.717) is 0 Å². The van der Waals surface area contributed by atoms with Crippen LogP contribution in [0.25, 0.3) is 66.4 Å². The van der Waals surface area contributed by atoms with Gasteiger partial charge in [0, 0.05) is 38.7 Å². The topological polar surface area (TPSA) is 16.4 Å². The van der Waals surface area contributed by atoms with E-state index < -0.39 is 0 Å². The Morgan fingerprint density at radius 2 is 0.909 bits per heavy atom. The lowest BCUT2D eigenvalue weighted by molar-refractivity contribution is -0.0399. The van der Waals surface area contributed by atoms with E-state index in [0.717, 1.165) is 51.6 Å². The zero-order valence-electron chi connectivity index (χ0n) is 37.5. The molecule has 0 unspecified atom stereocenters. The molecule has 320 valence electrons.